The molecule has 0 radical (unpaired) electrons. The first-order valence-corrected chi connectivity index (χ1v) is 15.1. The van der Waals surface area contributed by atoms with Crippen molar-refractivity contribution >= 4 is 17.3 Å². The number of carbonyl (C=O) groups is 3. The second kappa shape index (κ2) is 7.68. The van der Waals surface area contributed by atoms with Crippen molar-refractivity contribution in [2.45, 2.75) is 118 Å². The van der Waals surface area contributed by atoms with E-state index >= 15 is 0 Å². The summed E-state index contributed by atoms with van der Waals surface area (Å²) in [6, 6.07) is 0. The molecule has 1 saturated heterocycles. The average molecular weight is 520 g/mol. The summed E-state index contributed by atoms with van der Waals surface area (Å²) in [5, 5.41) is 0. The van der Waals surface area contributed by atoms with Crippen molar-refractivity contribution in [2.24, 2.45) is 50.7 Å². The highest BCUT2D eigenvalue weighted by Gasteiger charge is 2.85. The minimum absolute atomic E-state index is 0.0723. The molecule has 38 heavy (non-hydrogen) atoms. The van der Waals surface area contributed by atoms with Crippen LogP contribution in [0.25, 0.3) is 4.85 Å². The summed E-state index contributed by atoms with van der Waals surface area (Å²) in [5.41, 5.74) is -1.51. The smallest absolute Gasteiger partial charge is 0.299 e. The monoisotopic (exact) mass is 519 g/mol. The normalized spacial score (nSPS) is 52.3. The first-order valence-electron chi connectivity index (χ1n) is 15.1. The molecular weight excluding hydrogens is 474 g/mol. The topological polar surface area (TPSA) is 68.1 Å². The molecule has 5 nitrogen and oxygen atoms in total. The van der Waals surface area contributed by atoms with Gasteiger partial charge in [-0.3, -0.25) is 24.0 Å². The van der Waals surface area contributed by atoms with Gasteiger partial charge in [-0.05, 0) is 85.5 Å². The lowest BCUT2D eigenvalue weighted by atomic mass is 9.34. The van der Waals surface area contributed by atoms with Crippen LogP contribution >= 0.6 is 0 Å². The van der Waals surface area contributed by atoms with Crippen LogP contribution in [0.5, 0.6) is 0 Å². The maximum atomic E-state index is 14.5. The number of fused-ring (bicyclic) bond motifs is 9. The number of hydrogen-bond acceptors (Lipinski definition) is 4. The predicted octanol–water partition coefficient (Wildman–Crippen LogP) is 6.75. The average Bonchev–Trinajstić information content (AvgIpc) is 3.62. The molecular formula is C33H45NO4. The SMILES string of the molecule is [C-]#[N+][C@@]12O[C@@H]1[C@]1(C)C3=CC(=O)[C@@H]4[C@@H]5CC(C)(C)CC[C@]5(C(=O)CCC)CC[C@@]4(C)[C@]3(C)CC[C@H]1[C@H](C)C2=O. The summed E-state index contributed by atoms with van der Waals surface area (Å²) in [7, 11) is 0. The Kier molecular flexibility index (Phi) is 5.34. The molecule has 4 saturated carbocycles. The fourth-order valence-corrected chi connectivity index (χ4v) is 11.0. The van der Waals surface area contributed by atoms with Crippen LogP contribution < -0.4 is 0 Å². The number of rotatable bonds is 3. The van der Waals surface area contributed by atoms with Gasteiger partial charge in [-0.25, -0.2) is 6.57 Å². The van der Waals surface area contributed by atoms with Gasteiger partial charge in [-0.15, -0.1) is 0 Å². The summed E-state index contributed by atoms with van der Waals surface area (Å²) in [4.78, 5) is 45.3. The van der Waals surface area contributed by atoms with Crippen LogP contribution in [0.1, 0.15) is 106 Å². The predicted molar refractivity (Wildman–Crippen MR) is 145 cm³/mol. The molecule has 1 heterocycles. The number of ketones is 3. The lowest BCUT2D eigenvalue weighted by Crippen LogP contribution is -2.66. The number of ether oxygens (including phenoxy) is 1. The Morgan fingerprint density at radius 1 is 1.05 bits per heavy atom. The van der Waals surface area contributed by atoms with Crippen LogP contribution in [0.15, 0.2) is 11.6 Å². The van der Waals surface area contributed by atoms with Crippen molar-refractivity contribution in [1.82, 2.24) is 0 Å². The molecule has 0 aromatic heterocycles. The van der Waals surface area contributed by atoms with Crippen LogP contribution in [0.4, 0.5) is 0 Å². The number of hydrogen-bond donors (Lipinski definition) is 0. The Morgan fingerprint density at radius 2 is 1.74 bits per heavy atom. The van der Waals surface area contributed by atoms with Gasteiger partial charge in [0, 0.05) is 29.1 Å². The van der Waals surface area contributed by atoms with Crippen molar-refractivity contribution < 1.29 is 19.1 Å². The molecule has 6 aliphatic rings. The molecule has 5 heteroatoms. The zero-order chi connectivity index (χ0) is 27.7. The third-order valence-corrected chi connectivity index (χ3v) is 13.4. The van der Waals surface area contributed by atoms with Crippen LogP contribution in [0.3, 0.4) is 0 Å². The third-order valence-electron chi connectivity index (χ3n) is 13.4. The highest BCUT2D eigenvalue weighted by Crippen LogP contribution is 2.76. The van der Waals surface area contributed by atoms with E-state index in [-0.39, 0.29) is 56.9 Å². The van der Waals surface area contributed by atoms with E-state index in [0.29, 0.717) is 12.2 Å². The molecule has 5 aliphatic carbocycles. The molecule has 5 fully saturated rings. The minimum atomic E-state index is -1.37. The van der Waals surface area contributed by atoms with Gasteiger partial charge in [-0.2, -0.15) is 0 Å². The third kappa shape index (κ3) is 2.84. The Hall–Kier alpha value is -1.80. The van der Waals surface area contributed by atoms with E-state index in [1.165, 1.54) is 0 Å². The van der Waals surface area contributed by atoms with Crippen molar-refractivity contribution in [3.05, 3.63) is 23.1 Å². The first kappa shape index (κ1) is 26.4. The van der Waals surface area contributed by atoms with E-state index in [1.807, 2.05) is 13.0 Å². The molecule has 0 bridgehead atoms. The summed E-state index contributed by atoms with van der Waals surface area (Å²) >= 11 is 0. The summed E-state index contributed by atoms with van der Waals surface area (Å²) in [6.07, 6.45) is 9.38. The number of Topliss-reactive ketones (excluding diaryl/α,β-unsaturated/α-hetero) is 2. The van der Waals surface area contributed by atoms with Gasteiger partial charge >= 0.3 is 5.72 Å². The molecule has 0 aromatic carbocycles. The van der Waals surface area contributed by atoms with Gasteiger partial charge in [-0.1, -0.05) is 54.0 Å². The van der Waals surface area contributed by atoms with E-state index < -0.39 is 17.2 Å². The number of allylic oxidation sites excluding steroid dienone is 1. The molecule has 206 valence electrons. The quantitative estimate of drug-likeness (QED) is 0.306. The standard InChI is InChI=1S/C33H45NO4/c1-9-10-24(36)32-15-13-28(3,4)18-21(32)25-22(35)17-23-29(5,30(25,6)14-16-32)12-11-20-19(2)26(37)33(34-8)27(38-33)31(20,23)7/h17,19-21,25,27H,9-16,18H2,1-7H3/t19-,20-,21-,25-,27+,29+,30+,31-,32-,33-/m0/s1. The van der Waals surface area contributed by atoms with Crippen LogP contribution in [0, 0.1) is 57.3 Å². The molecule has 0 unspecified atom stereocenters. The van der Waals surface area contributed by atoms with E-state index in [0.717, 1.165) is 56.9 Å². The van der Waals surface area contributed by atoms with Crippen LogP contribution in [0.2, 0.25) is 0 Å². The van der Waals surface area contributed by atoms with Gasteiger partial charge in [0.25, 0.3) is 5.78 Å². The second-order valence-electron chi connectivity index (χ2n) is 15.4. The molecule has 1 aliphatic heterocycles. The zero-order valence-corrected chi connectivity index (χ0v) is 24.4. The van der Waals surface area contributed by atoms with Gasteiger partial charge in [0.15, 0.2) is 11.9 Å². The summed E-state index contributed by atoms with van der Waals surface area (Å²) in [5.74, 6) is 0.213. The van der Waals surface area contributed by atoms with E-state index in [4.69, 9.17) is 11.3 Å². The second-order valence-corrected chi connectivity index (χ2v) is 15.4. The highest BCUT2D eigenvalue weighted by atomic mass is 16.6. The van der Waals surface area contributed by atoms with Crippen molar-refractivity contribution in [2.75, 3.05) is 0 Å². The van der Waals surface area contributed by atoms with Crippen molar-refractivity contribution in [3.63, 3.8) is 0 Å². The van der Waals surface area contributed by atoms with E-state index in [9.17, 15) is 14.4 Å². The fraction of sp³-hybridized carbons (Fsp3) is 0.818. The molecule has 0 amide bonds. The Bertz CT molecular complexity index is 1210. The van der Waals surface area contributed by atoms with E-state index in [2.05, 4.69) is 46.4 Å². The van der Waals surface area contributed by atoms with Crippen molar-refractivity contribution in [1.29, 1.82) is 0 Å². The summed E-state index contributed by atoms with van der Waals surface area (Å²) in [6.45, 7) is 23.4. The largest absolute Gasteiger partial charge is 0.424 e. The van der Waals surface area contributed by atoms with Gasteiger partial charge in [0.05, 0.1) is 0 Å². The lowest BCUT2D eigenvalue weighted by Gasteiger charge is -2.68. The zero-order valence-electron chi connectivity index (χ0n) is 24.4. The molecule has 0 aromatic rings. The van der Waals surface area contributed by atoms with Crippen LogP contribution in [-0.4, -0.2) is 29.2 Å². The fourth-order valence-electron chi connectivity index (χ4n) is 11.0. The highest BCUT2D eigenvalue weighted by molar-refractivity contribution is 5.99. The molecule has 0 N–H and O–H groups in total. The number of nitrogens with zero attached hydrogens (tertiary/aromatic N) is 1. The Morgan fingerprint density at radius 3 is 2.39 bits per heavy atom. The van der Waals surface area contributed by atoms with Gasteiger partial charge in [0.1, 0.15) is 5.78 Å². The Balaban J connectivity index is 1.50. The summed E-state index contributed by atoms with van der Waals surface area (Å²) < 4.78 is 6.06. The molecule has 6 rings (SSSR count). The minimum Gasteiger partial charge on any atom is -0.299 e. The number of carbonyl (C=O) groups excluding carboxylic acids is 3. The Labute approximate surface area is 228 Å². The maximum absolute atomic E-state index is 14.5. The van der Waals surface area contributed by atoms with Crippen molar-refractivity contribution in [3.8, 4) is 0 Å². The van der Waals surface area contributed by atoms with Gasteiger partial charge in [0.2, 0.25) is 0 Å². The lowest BCUT2D eigenvalue weighted by molar-refractivity contribution is -0.178. The molecule has 10 atom stereocenters. The van der Waals surface area contributed by atoms with Crippen LogP contribution in [-0.2, 0) is 19.1 Å². The first-order chi connectivity index (χ1) is 17.7. The maximum Gasteiger partial charge on any atom is 0.424 e. The molecule has 0 spiro atoms. The van der Waals surface area contributed by atoms with E-state index in [1.54, 1.807) is 0 Å². The van der Waals surface area contributed by atoms with Gasteiger partial charge < -0.3 is 0 Å². The number of epoxide rings is 1.